The van der Waals surface area contributed by atoms with Gasteiger partial charge in [-0.3, -0.25) is 9.55 Å². The summed E-state index contributed by atoms with van der Waals surface area (Å²) in [6, 6.07) is 16.0. The van der Waals surface area contributed by atoms with Crippen LogP contribution < -0.4 is 0 Å². The highest BCUT2D eigenvalue weighted by molar-refractivity contribution is 7.98. The average molecular weight is 392 g/mol. The fourth-order valence-electron chi connectivity index (χ4n) is 2.60. The molecule has 0 spiro atoms. The van der Waals surface area contributed by atoms with Gasteiger partial charge < -0.3 is 0 Å². The van der Waals surface area contributed by atoms with Gasteiger partial charge in [-0.15, -0.1) is 28.1 Å². The molecular formula is C20H17N5S2. The maximum Gasteiger partial charge on any atom is 0.192 e. The highest BCUT2D eigenvalue weighted by Crippen LogP contribution is 2.28. The predicted molar refractivity (Wildman–Crippen MR) is 111 cm³/mol. The number of thiazole rings is 1. The molecule has 0 bridgehead atoms. The highest BCUT2D eigenvalue weighted by Gasteiger charge is 2.15. The fraction of sp³-hybridized carbons (Fsp3) is 0.100. The van der Waals surface area contributed by atoms with Gasteiger partial charge in [0.15, 0.2) is 11.0 Å². The van der Waals surface area contributed by atoms with Gasteiger partial charge >= 0.3 is 0 Å². The molecule has 0 unspecified atom stereocenters. The lowest BCUT2D eigenvalue weighted by molar-refractivity contribution is 0.729. The highest BCUT2D eigenvalue weighted by atomic mass is 32.2. The third kappa shape index (κ3) is 3.99. The third-order valence-corrected chi connectivity index (χ3v) is 5.78. The van der Waals surface area contributed by atoms with E-state index >= 15 is 0 Å². The average Bonchev–Trinajstić information content (AvgIpc) is 3.35. The second-order valence-electron chi connectivity index (χ2n) is 5.72. The Morgan fingerprint density at radius 2 is 1.93 bits per heavy atom. The molecule has 3 aromatic heterocycles. The molecule has 0 amide bonds. The number of allylic oxidation sites excluding steroid dienone is 1. The van der Waals surface area contributed by atoms with Crippen LogP contribution in [0.25, 0.3) is 22.1 Å². The van der Waals surface area contributed by atoms with Crippen LogP contribution in [0.2, 0.25) is 0 Å². The topological polar surface area (TPSA) is 56.5 Å². The summed E-state index contributed by atoms with van der Waals surface area (Å²) in [5.41, 5.74) is 2.99. The summed E-state index contributed by atoms with van der Waals surface area (Å²) < 4.78 is 2.03. The molecule has 134 valence electrons. The summed E-state index contributed by atoms with van der Waals surface area (Å²) in [5, 5.41) is 12.7. The van der Waals surface area contributed by atoms with Crippen molar-refractivity contribution in [2.45, 2.75) is 17.5 Å². The molecule has 4 rings (SSSR count). The van der Waals surface area contributed by atoms with Crippen LogP contribution in [0.15, 0.2) is 77.9 Å². The van der Waals surface area contributed by atoms with Crippen LogP contribution in [0.1, 0.15) is 5.69 Å². The molecule has 5 nitrogen and oxygen atoms in total. The van der Waals surface area contributed by atoms with Gasteiger partial charge in [0, 0.05) is 29.4 Å². The normalized spacial score (nSPS) is 10.8. The predicted octanol–water partition coefficient (Wildman–Crippen LogP) is 4.94. The summed E-state index contributed by atoms with van der Waals surface area (Å²) in [7, 11) is 0. The SMILES string of the molecule is C=CCn1c(SCc2csc(-c3ccccc3)n2)nnc1-c1ccccn1. The molecule has 3 heterocycles. The Hall–Kier alpha value is -2.77. The van der Waals surface area contributed by atoms with Crippen molar-refractivity contribution in [3.63, 3.8) is 0 Å². The Morgan fingerprint density at radius 3 is 2.70 bits per heavy atom. The third-order valence-electron chi connectivity index (χ3n) is 3.84. The molecule has 27 heavy (non-hydrogen) atoms. The van der Waals surface area contributed by atoms with Crippen LogP contribution in [-0.2, 0) is 12.3 Å². The van der Waals surface area contributed by atoms with Gasteiger partial charge in [0.1, 0.15) is 10.7 Å². The van der Waals surface area contributed by atoms with E-state index in [0.717, 1.165) is 38.7 Å². The van der Waals surface area contributed by atoms with E-state index < -0.39 is 0 Å². The van der Waals surface area contributed by atoms with E-state index in [0.29, 0.717) is 6.54 Å². The van der Waals surface area contributed by atoms with Gasteiger partial charge in [-0.05, 0) is 12.1 Å². The molecule has 4 aromatic rings. The number of benzene rings is 1. The number of nitrogens with zero attached hydrogens (tertiary/aromatic N) is 5. The summed E-state index contributed by atoms with van der Waals surface area (Å²) in [4.78, 5) is 9.13. The first-order chi connectivity index (χ1) is 13.3. The van der Waals surface area contributed by atoms with Gasteiger partial charge in [0.2, 0.25) is 0 Å². The Morgan fingerprint density at radius 1 is 1.07 bits per heavy atom. The van der Waals surface area contributed by atoms with Crippen molar-refractivity contribution in [1.29, 1.82) is 0 Å². The molecule has 0 aliphatic rings. The van der Waals surface area contributed by atoms with Crippen molar-refractivity contribution in [3.8, 4) is 22.1 Å². The second-order valence-corrected chi connectivity index (χ2v) is 7.52. The second kappa shape index (κ2) is 8.28. The largest absolute Gasteiger partial charge is 0.297 e. The Labute approximate surface area is 165 Å². The number of pyridine rings is 1. The molecule has 0 saturated carbocycles. The fourth-order valence-corrected chi connectivity index (χ4v) is 4.37. The van der Waals surface area contributed by atoms with Crippen molar-refractivity contribution in [3.05, 3.63) is 78.5 Å². The molecular weight excluding hydrogens is 374 g/mol. The standard InChI is InChI=1S/C20H17N5S2/c1-2-12-25-18(17-10-6-7-11-21-17)23-24-20(25)27-14-16-13-26-19(22-16)15-8-4-3-5-9-15/h2-11,13H,1,12,14H2. The summed E-state index contributed by atoms with van der Waals surface area (Å²) in [6.07, 6.45) is 3.60. The first kappa shape index (κ1) is 17.6. The van der Waals surface area contributed by atoms with E-state index in [9.17, 15) is 0 Å². The first-order valence-corrected chi connectivity index (χ1v) is 10.3. The zero-order valence-corrected chi connectivity index (χ0v) is 16.2. The zero-order chi connectivity index (χ0) is 18.5. The van der Waals surface area contributed by atoms with Crippen LogP contribution in [0.5, 0.6) is 0 Å². The number of aromatic nitrogens is 5. The van der Waals surface area contributed by atoms with Crippen molar-refractivity contribution in [2.75, 3.05) is 0 Å². The lowest BCUT2D eigenvalue weighted by Gasteiger charge is -2.06. The maximum atomic E-state index is 4.74. The van der Waals surface area contributed by atoms with E-state index in [-0.39, 0.29) is 0 Å². The molecule has 0 radical (unpaired) electrons. The van der Waals surface area contributed by atoms with Gasteiger partial charge in [-0.2, -0.15) is 0 Å². The van der Waals surface area contributed by atoms with Crippen LogP contribution in [0, 0.1) is 0 Å². The minimum absolute atomic E-state index is 0.633. The quantitative estimate of drug-likeness (QED) is 0.330. The minimum Gasteiger partial charge on any atom is -0.297 e. The maximum absolute atomic E-state index is 4.74. The smallest absolute Gasteiger partial charge is 0.192 e. The lowest BCUT2D eigenvalue weighted by atomic mass is 10.2. The number of hydrogen-bond donors (Lipinski definition) is 0. The molecule has 0 aliphatic carbocycles. The minimum atomic E-state index is 0.633. The molecule has 1 aromatic carbocycles. The zero-order valence-electron chi connectivity index (χ0n) is 14.5. The van der Waals surface area contributed by atoms with E-state index in [1.807, 2.05) is 47.0 Å². The summed E-state index contributed by atoms with van der Waals surface area (Å²) >= 11 is 3.28. The van der Waals surface area contributed by atoms with Gasteiger partial charge in [0.05, 0.1) is 5.69 Å². The Balaban J connectivity index is 1.53. The summed E-state index contributed by atoms with van der Waals surface area (Å²) in [6.45, 7) is 4.48. The van der Waals surface area contributed by atoms with Crippen LogP contribution in [0.4, 0.5) is 0 Å². The molecule has 0 aliphatic heterocycles. The molecule has 0 saturated heterocycles. The molecule has 0 atom stereocenters. The Kier molecular flexibility index (Phi) is 5.41. The number of hydrogen-bond acceptors (Lipinski definition) is 6. The first-order valence-electron chi connectivity index (χ1n) is 8.43. The van der Waals surface area contributed by atoms with E-state index in [2.05, 4.69) is 39.3 Å². The van der Waals surface area contributed by atoms with E-state index in [1.165, 1.54) is 0 Å². The van der Waals surface area contributed by atoms with Crippen LogP contribution >= 0.6 is 23.1 Å². The molecule has 7 heteroatoms. The number of thioether (sulfide) groups is 1. The van der Waals surface area contributed by atoms with Crippen LogP contribution in [-0.4, -0.2) is 24.7 Å². The van der Waals surface area contributed by atoms with Gasteiger partial charge in [-0.1, -0.05) is 54.2 Å². The van der Waals surface area contributed by atoms with E-state index in [1.54, 1.807) is 29.3 Å². The van der Waals surface area contributed by atoms with Crippen LogP contribution in [0.3, 0.4) is 0 Å². The van der Waals surface area contributed by atoms with Crippen molar-refractivity contribution in [1.82, 2.24) is 24.7 Å². The van der Waals surface area contributed by atoms with Crippen molar-refractivity contribution < 1.29 is 0 Å². The molecule has 0 N–H and O–H groups in total. The Bertz CT molecular complexity index is 1020. The van der Waals surface area contributed by atoms with Crippen molar-refractivity contribution in [2.24, 2.45) is 0 Å². The van der Waals surface area contributed by atoms with Crippen molar-refractivity contribution >= 4 is 23.1 Å². The van der Waals surface area contributed by atoms with E-state index in [4.69, 9.17) is 4.98 Å². The lowest BCUT2D eigenvalue weighted by Crippen LogP contribution is -2.01. The monoisotopic (exact) mass is 391 g/mol. The summed E-state index contributed by atoms with van der Waals surface area (Å²) in [5.74, 6) is 1.49. The number of rotatable bonds is 7. The van der Waals surface area contributed by atoms with Gasteiger partial charge in [-0.25, -0.2) is 4.98 Å². The molecule has 0 fully saturated rings. The van der Waals surface area contributed by atoms with Gasteiger partial charge in [0.25, 0.3) is 0 Å².